The quantitative estimate of drug-likeness (QED) is 0.407. The van der Waals surface area contributed by atoms with Gasteiger partial charge in [0.25, 0.3) is 5.91 Å². The van der Waals surface area contributed by atoms with E-state index >= 15 is 0 Å². The minimum Gasteiger partial charge on any atom is -0.451 e. The first-order valence-corrected chi connectivity index (χ1v) is 12.6. The molecule has 2 N–H and O–H groups in total. The highest BCUT2D eigenvalue weighted by Gasteiger charge is 2.34. The van der Waals surface area contributed by atoms with E-state index in [1.165, 1.54) is 5.69 Å². The van der Waals surface area contributed by atoms with Crippen LogP contribution < -0.4 is 5.32 Å². The molecule has 1 aromatic carbocycles. The average Bonchev–Trinajstić information content (AvgIpc) is 3.58. The monoisotopic (exact) mass is 478 g/mol. The van der Waals surface area contributed by atoms with Gasteiger partial charge in [-0.15, -0.1) is 11.3 Å². The summed E-state index contributed by atoms with van der Waals surface area (Å²) in [6.07, 6.45) is 5.17. The summed E-state index contributed by atoms with van der Waals surface area (Å²) in [6, 6.07) is 11.7. The van der Waals surface area contributed by atoms with Crippen LogP contribution in [0, 0.1) is 5.92 Å². The first-order valence-electron chi connectivity index (χ1n) is 11.7. The number of thiazole rings is 1. The predicted molar refractivity (Wildman–Crippen MR) is 133 cm³/mol. The van der Waals surface area contributed by atoms with Gasteiger partial charge in [-0.05, 0) is 54.7 Å². The van der Waals surface area contributed by atoms with E-state index in [2.05, 4.69) is 45.7 Å². The second-order valence-corrected chi connectivity index (χ2v) is 10.3. The normalized spacial score (nSPS) is 16.4. The molecular weight excluding hydrogens is 448 g/mol. The molecule has 0 radical (unpaired) electrons. The molecule has 5 rings (SSSR count). The second kappa shape index (κ2) is 9.37. The molecule has 0 aliphatic carbocycles. The Morgan fingerprint density at radius 3 is 2.82 bits per heavy atom. The molecule has 1 saturated heterocycles. The second-order valence-electron chi connectivity index (χ2n) is 9.46. The Morgan fingerprint density at radius 2 is 2.09 bits per heavy atom. The molecule has 0 unspecified atom stereocenters. The van der Waals surface area contributed by atoms with Crippen molar-refractivity contribution in [1.29, 1.82) is 0 Å². The fourth-order valence-electron chi connectivity index (χ4n) is 4.49. The first kappa shape index (κ1) is 22.8. The van der Waals surface area contributed by atoms with Crippen LogP contribution in [0.4, 0.5) is 0 Å². The first-order chi connectivity index (χ1) is 16.4. The summed E-state index contributed by atoms with van der Waals surface area (Å²) in [7, 11) is 0. The van der Waals surface area contributed by atoms with Crippen LogP contribution in [0.2, 0.25) is 0 Å². The van der Waals surface area contributed by atoms with Crippen LogP contribution in [0.25, 0.3) is 16.1 Å². The highest BCUT2D eigenvalue weighted by Crippen LogP contribution is 2.35. The molecule has 4 aromatic rings. The molecule has 0 spiro atoms. The summed E-state index contributed by atoms with van der Waals surface area (Å²) in [4.78, 5) is 19.2. The lowest BCUT2D eigenvalue weighted by Crippen LogP contribution is -2.42. The van der Waals surface area contributed by atoms with Crippen LogP contribution >= 0.6 is 11.3 Å². The molecule has 1 fully saturated rings. The lowest BCUT2D eigenvalue weighted by atomic mass is 9.84. The molecule has 0 atom stereocenters. The van der Waals surface area contributed by atoms with Crippen LogP contribution in [0.1, 0.15) is 48.5 Å². The van der Waals surface area contributed by atoms with E-state index in [9.17, 15) is 9.90 Å². The van der Waals surface area contributed by atoms with E-state index in [1.54, 1.807) is 17.4 Å². The minimum atomic E-state index is -0.890. The molecule has 1 amide bonds. The predicted octanol–water partition coefficient (Wildman–Crippen LogP) is 4.55. The van der Waals surface area contributed by atoms with Crippen LogP contribution in [-0.4, -0.2) is 45.1 Å². The van der Waals surface area contributed by atoms with Crippen molar-refractivity contribution < 1.29 is 14.3 Å². The van der Waals surface area contributed by atoms with Crippen molar-refractivity contribution in [1.82, 2.24) is 19.8 Å². The van der Waals surface area contributed by atoms with Gasteiger partial charge in [-0.25, -0.2) is 4.98 Å². The van der Waals surface area contributed by atoms with Crippen LogP contribution in [0.5, 0.6) is 0 Å². The molecule has 3 aromatic heterocycles. The lowest BCUT2D eigenvalue weighted by molar-refractivity contribution is -0.0279. The van der Waals surface area contributed by atoms with Gasteiger partial charge in [-0.3, -0.25) is 14.3 Å². The van der Waals surface area contributed by atoms with Crippen LogP contribution in [0.3, 0.4) is 0 Å². The largest absolute Gasteiger partial charge is 0.451 e. The zero-order valence-electron chi connectivity index (χ0n) is 19.5. The van der Waals surface area contributed by atoms with Gasteiger partial charge >= 0.3 is 0 Å². The number of carbonyl (C=O) groups is 1. The van der Waals surface area contributed by atoms with Crippen LogP contribution in [-0.2, 0) is 12.1 Å². The molecule has 0 bridgehead atoms. The maximum atomic E-state index is 12.4. The zero-order chi connectivity index (χ0) is 23.7. The SMILES string of the molecule is CC(C)CNC(=O)c1cc2cc(C3(O)CCN(Cc4cccn4-c4nccs4)CC3)ccc2o1. The maximum Gasteiger partial charge on any atom is 0.287 e. The Kier molecular flexibility index (Phi) is 6.29. The Morgan fingerprint density at radius 1 is 1.26 bits per heavy atom. The van der Waals surface area contributed by atoms with E-state index in [1.807, 2.05) is 36.0 Å². The Balaban J connectivity index is 1.26. The van der Waals surface area contributed by atoms with Crippen LogP contribution in [0.15, 0.2) is 58.6 Å². The molecule has 1 aliphatic rings. The van der Waals surface area contributed by atoms with E-state index in [0.29, 0.717) is 36.6 Å². The molecule has 1 aliphatic heterocycles. The minimum absolute atomic E-state index is 0.207. The maximum absolute atomic E-state index is 12.4. The van der Waals surface area contributed by atoms with Crippen molar-refractivity contribution in [2.75, 3.05) is 19.6 Å². The van der Waals surface area contributed by atoms with Gasteiger partial charge in [0, 0.05) is 55.0 Å². The lowest BCUT2D eigenvalue weighted by Gasteiger charge is -2.38. The summed E-state index contributed by atoms with van der Waals surface area (Å²) >= 11 is 1.62. The number of piperidine rings is 1. The van der Waals surface area contributed by atoms with Crippen molar-refractivity contribution >= 4 is 28.2 Å². The number of benzene rings is 1. The molecule has 0 saturated carbocycles. The standard InChI is InChI=1S/C26H30N4O3S/c1-18(2)16-28-24(31)23-15-19-14-20(5-6-22(19)33-23)26(32)7-11-29(12-8-26)17-21-4-3-10-30(21)25-27-9-13-34-25/h3-6,9-10,13-15,18,32H,7-8,11-12,16-17H2,1-2H3,(H,28,31). The summed E-state index contributed by atoms with van der Waals surface area (Å²) < 4.78 is 7.88. The molecule has 8 heteroatoms. The summed E-state index contributed by atoms with van der Waals surface area (Å²) in [5.41, 5.74) is 1.84. The van der Waals surface area contributed by atoms with E-state index in [4.69, 9.17) is 4.42 Å². The Bertz CT molecular complexity index is 1270. The highest BCUT2D eigenvalue weighted by molar-refractivity contribution is 7.12. The molecule has 4 heterocycles. The fourth-order valence-corrected chi connectivity index (χ4v) is 5.15. The smallest absolute Gasteiger partial charge is 0.287 e. The third-order valence-corrected chi connectivity index (χ3v) is 7.25. The van der Waals surface area contributed by atoms with E-state index in [0.717, 1.165) is 35.7 Å². The average molecular weight is 479 g/mol. The molecule has 34 heavy (non-hydrogen) atoms. The van der Waals surface area contributed by atoms with Gasteiger partial charge < -0.3 is 14.8 Å². The van der Waals surface area contributed by atoms with Crippen molar-refractivity contribution in [3.63, 3.8) is 0 Å². The fraction of sp³-hybridized carbons (Fsp3) is 0.385. The number of aliphatic hydroxyl groups is 1. The number of nitrogens with one attached hydrogen (secondary N) is 1. The van der Waals surface area contributed by atoms with E-state index in [-0.39, 0.29) is 5.91 Å². The zero-order valence-corrected chi connectivity index (χ0v) is 20.3. The van der Waals surface area contributed by atoms with E-state index < -0.39 is 5.60 Å². The molecule has 178 valence electrons. The van der Waals surface area contributed by atoms with Crippen molar-refractivity contribution in [3.8, 4) is 5.13 Å². The van der Waals surface area contributed by atoms with Crippen molar-refractivity contribution in [3.05, 3.63) is 71.2 Å². The number of fused-ring (bicyclic) bond motifs is 1. The summed E-state index contributed by atoms with van der Waals surface area (Å²) in [6.45, 7) is 7.12. The Labute approximate surface area is 203 Å². The number of aromatic nitrogens is 2. The molecular formula is C26H30N4O3S. The van der Waals surface area contributed by atoms with Crippen molar-refractivity contribution in [2.45, 2.75) is 38.8 Å². The number of nitrogens with zero attached hydrogens (tertiary/aromatic N) is 3. The highest BCUT2D eigenvalue weighted by atomic mass is 32.1. The number of hydrogen-bond acceptors (Lipinski definition) is 6. The Hall–Kier alpha value is -2.94. The number of rotatable bonds is 7. The van der Waals surface area contributed by atoms with Gasteiger partial charge in [0.2, 0.25) is 0 Å². The van der Waals surface area contributed by atoms with Gasteiger partial charge in [0.15, 0.2) is 10.9 Å². The topological polar surface area (TPSA) is 83.5 Å². The number of carbonyl (C=O) groups excluding carboxylic acids is 1. The van der Waals surface area contributed by atoms with Gasteiger partial charge in [0.1, 0.15) is 5.58 Å². The van der Waals surface area contributed by atoms with Gasteiger partial charge in [-0.1, -0.05) is 19.9 Å². The number of furan rings is 1. The van der Waals surface area contributed by atoms with Crippen molar-refractivity contribution in [2.24, 2.45) is 5.92 Å². The third kappa shape index (κ3) is 4.66. The van der Waals surface area contributed by atoms with Gasteiger partial charge in [-0.2, -0.15) is 0 Å². The molecule has 7 nitrogen and oxygen atoms in total. The summed E-state index contributed by atoms with van der Waals surface area (Å²) in [5, 5.41) is 18.1. The number of hydrogen-bond donors (Lipinski definition) is 2. The number of likely N-dealkylation sites (tertiary alicyclic amines) is 1. The third-order valence-electron chi connectivity index (χ3n) is 6.48. The summed E-state index contributed by atoms with van der Waals surface area (Å²) in [5.74, 6) is 0.468. The van der Waals surface area contributed by atoms with Gasteiger partial charge in [0.05, 0.1) is 5.60 Å². The number of amides is 1.